The molecule has 1 aliphatic heterocycles. The van der Waals surface area contributed by atoms with Crippen molar-refractivity contribution < 1.29 is 33.5 Å². The van der Waals surface area contributed by atoms with Gasteiger partial charge in [0.15, 0.2) is 23.9 Å². The number of carbonyl (C=O) groups is 2. The summed E-state index contributed by atoms with van der Waals surface area (Å²) >= 11 is 14.2. The highest BCUT2D eigenvalue weighted by Crippen LogP contribution is 2.36. The van der Waals surface area contributed by atoms with Crippen molar-refractivity contribution in [2.45, 2.75) is 31.5 Å². The van der Waals surface area contributed by atoms with Crippen molar-refractivity contribution in [1.82, 2.24) is 10.2 Å². The number of aromatic amines is 1. The standard InChI is InChI=1S/C35H37Cl2N3O6S/c1-40-14-13-22(20-40)21-45-35(42)33(23-7-5-4-6-8-23)39-17-25-10-12-32(47-25)34(41)46-30(16-26-27(36)18-38-19-28(26)37)24-9-11-29(43-2)31(15-24)44-3/h4-12,15,18-19,22,30,33,39H,13-14,16-17,20-21H2,1-3H3/p+1/t22-,30+,33?/m1/s1. The number of carbonyl (C=O) groups excluding carboxylic acids is 2. The third kappa shape index (κ3) is 9.03. The predicted octanol–water partition coefficient (Wildman–Crippen LogP) is 6.35. The van der Waals surface area contributed by atoms with Crippen LogP contribution in [-0.2, 0) is 27.2 Å². The Bertz CT molecular complexity index is 1650. The van der Waals surface area contributed by atoms with E-state index in [1.807, 2.05) is 42.5 Å². The first-order valence-corrected chi connectivity index (χ1v) is 16.8. The summed E-state index contributed by atoms with van der Waals surface area (Å²) in [6.07, 6.45) is 3.76. The molecule has 1 fully saturated rings. The number of rotatable bonds is 14. The van der Waals surface area contributed by atoms with Gasteiger partial charge in [-0.05, 0) is 55.4 Å². The number of benzene rings is 2. The van der Waals surface area contributed by atoms with Crippen molar-refractivity contribution >= 4 is 46.5 Å². The molecule has 2 N–H and O–H groups in total. The Balaban J connectivity index is 1.29. The number of nitrogens with zero attached hydrogens (tertiary/aromatic N) is 1. The van der Waals surface area contributed by atoms with Crippen molar-refractivity contribution in [3.05, 3.63) is 110 Å². The lowest BCUT2D eigenvalue weighted by molar-refractivity contribution is -0.377. The van der Waals surface area contributed by atoms with E-state index in [1.165, 1.54) is 11.3 Å². The molecule has 0 bridgehead atoms. The predicted molar refractivity (Wildman–Crippen MR) is 181 cm³/mol. The molecule has 2 aromatic heterocycles. The van der Waals surface area contributed by atoms with Gasteiger partial charge < -0.3 is 23.8 Å². The van der Waals surface area contributed by atoms with Crippen LogP contribution in [0.25, 0.3) is 0 Å². The number of pyridine rings is 1. The molecule has 47 heavy (non-hydrogen) atoms. The number of methoxy groups -OCH3 is 2. The Labute approximate surface area is 288 Å². The highest BCUT2D eigenvalue weighted by molar-refractivity contribution is 7.13. The zero-order chi connectivity index (χ0) is 33.3. The van der Waals surface area contributed by atoms with Crippen LogP contribution in [0.3, 0.4) is 0 Å². The molecule has 5 rings (SSSR count). The largest absolute Gasteiger partial charge is 0.493 e. The van der Waals surface area contributed by atoms with E-state index in [0.717, 1.165) is 30.0 Å². The number of ether oxygens (including phenoxy) is 4. The van der Waals surface area contributed by atoms with Crippen LogP contribution in [0, 0.1) is 5.92 Å². The third-order valence-electron chi connectivity index (χ3n) is 8.08. The van der Waals surface area contributed by atoms with E-state index in [-0.39, 0.29) is 12.4 Å². The number of hydrogen-bond acceptors (Lipinski definition) is 9. The van der Waals surface area contributed by atoms with Crippen LogP contribution in [0.2, 0.25) is 10.0 Å². The van der Waals surface area contributed by atoms with E-state index in [1.54, 1.807) is 44.8 Å². The highest BCUT2D eigenvalue weighted by Gasteiger charge is 2.27. The fourth-order valence-electron chi connectivity index (χ4n) is 5.54. The molecular weight excluding hydrogens is 661 g/mol. The molecular formula is C35H38Cl2N3O6S+. The summed E-state index contributed by atoms with van der Waals surface area (Å²) in [6.45, 7) is 2.67. The van der Waals surface area contributed by atoms with Crippen LogP contribution >= 0.6 is 34.5 Å². The van der Waals surface area contributed by atoms with Gasteiger partial charge in [-0.15, -0.1) is 11.3 Å². The normalized spacial score (nSPS) is 16.0. The summed E-state index contributed by atoms with van der Waals surface area (Å²) in [4.78, 5) is 33.2. The van der Waals surface area contributed by atoms with Gasteiger partial charge in [-0.1, -0.05) is 59.6 Å². The van der Waals surface area contributed by atoms with Gasteiger partial charge >= 0.3 is 11.9 Å². The lowest BCUT2D eigenvalue weighted by atomic mass is 10.0. The first-order chi connectivity index (χ1) is 22.7. The number of halogens is 2. The van der Waals surface area contributed by atoms with Gasteiger partial charge in [0.05, 0.1) is 20.8 Å². The highest BCUT2D eigenvalue weighted by atomic mass is 35.5. The number of esters is 2. The SMILES string of the molecule is COc1ccc([C@H](Cc2c(Cl)c[nH+]cc2Cl)OC(=O)c2ccc(CNC(C(=O)OC[C@@H]3CCN(C)C3)c3ccccc3)s2)cc1OC. The molecule has 3 atom stereocenters. The zero-order valence-corrected chi connectivity index (χ0v) is 28.8. The molecule has 3 heterocycles. The summed E-state index contributed by atoms with van der Waals surface area (Å²) in [7, 11) is 5.17. The van der Waals surface area contributed by atoms with Crippen molar-refractivity contribution in [1.29, 1.82) is 0 Å². The Morgan fingerprint density at radius 2 is 1.74 bits per heavy atom. The van der Waals surface area contributed by atoms with E-state index in [9.17, 15) is 9.59 Å². The second-order valence-corrected chi connectivity index (χ2v) is 13.4. The monoisotopic (exact) mass is 698 g/mol. The Morgan fingerprint density at radius 1 is 1.00 bits per heavy atom. The van der Waals surface area contributed by atoms with Gasteiger partial charge in [-0.25, -0.2) is 14.6 Å². The van der Waals surface area contributed by atoms with E-state index in [2.05, 4.69) is 22.2 Å². The van der Waals surface area contributed by atoms with Gasteiger partial charge in [-0.3, -0.25) is 5.32 Å². The molecule has 0 spiro atoms. The van der Waals surface area contributed by atoms with Crippen LogP contribution in [0.5, 0.6) is 11.5 Å². The number of H-pyrrole nitrogens is 1. The first kappa shape index (κ1) is 34.7. The Hall–Kier alpha value is -3.67. The number of nitrogens with one attached hydrogen (secondary N) is 2. The van der Waals surface area contributed by atoms with Gasteiger partial charge in [0.2, 0.25) is 0 Å². The van der Waals surface area contributed by atoms with Gasteiger partial charge in [0, 0.05) is 35.9 Å². The van der Waals surface area contributed by atoms with Crippen LogP contribution in [-0.4, -0.2) is 57.8 Å². The lowest BCUT2D eigenvalue weighted by Gasteiger charge is -2.20. The number of likely N-dealkylation sites (tertiary alicyclic amines) is 1. The average molecular weight is 700 g/mol. The van der Waals surface area contributed by atoms with Crippen molar-refractivity contribution in [2.24, 2.45) is 5.92 Å². The van der Waals surface area contributed by atoms with Crippen LogP contribution in [0.15, 0.2) is 73.1 Å². The second kappa shape index (κ2) is 16.4. The van der Waals surface area contributed by atoms with Gasteiger partial charge in [-0.2, -0.15) is 0 Å². The minimum atomic E-state index is -0.736. The third-order valence-corrected chi connectivity index (χ3v) is 9.82. The van der Waals surface area contributed by atoms with E-state index in [0.29, 0.717) is 56.6 Å². The fraction of sp³-hybridized carbons (Fsp3) is 0.343. The molecule has 9 nitrogen and oxygen atoms in total. The molecule has 248 valence electrons. The maximum atomic E-state index is 13.5. The summed E-state index contributed by atoms with van der Waals surface area (Å²) < 4.78 is 22.7. The maximum absolute atomic E-state index is 13.5. The number of hydrogen-bond donors (Lipinski definition) is 1. The smallest absolute Gasteiger partial charge is 0.348 e. The molecule has 1 saturated heterocycles. The Morgan fingerprint density at radius 3 is 2.43 bits per heavy atom. The van der Waals surface area contributed by atoms with Crippen LogP contribution < -0.4 is 19.8 Å². The maximum Gasteiger partial charge on any atom is 0.348 e. The lowest BCUT2D eigenvalue weighted by Crippen LogP contribution is -2.31. The molecule has 0 saturated carbocycles. The van der Waals surface area contributed by atoms with Gasteiger partial charge in [0.25, 0.3) is 0 Å². The van der Waals surface area contributed by atoms with Crippen molar-refractivity contribution in [3.63, 3.8) is 0 Å². The summed E-state index contributed by atoms with van der Waals surface area (Å²) in [5.41, 5.74) is 2.13. The quantitative estimate of drug-likeness (QED) is 0.152. The second-order valence-electron chi connectivity index (χ2n) is 11.4. The van der Waals surface area contributed by atoms with E-state index >= 15 is 0 Å². The van der Waals surface area contributed by atoms with Gasteiger partial charge in [0.1, 0.15) is 27.1 Å². The first-order valence-electron chi connectivity index (χ1n) is 15.2. The summed E-state index contributed by atoms with van der Waals surface area (Å²) in [5, 5.41) is 4.18. The topological polar surface area (TPSA) is 100 Å². The average Bonchev–Trinajstić information content (AvgIpc) is 3.74. The molecule has 0 radical (unpaired) electrons. The number of aromatic nitrogens is 1. The van der Waals surface area contributed by atoms with Crippen molar-refractivity contribution in [3.8, 4) is 11.5 Å². The molecule has 0 aliphatic carbocycles. The minimum Gasteiger partial charge on any atom is -0.493 e. The molecule has 1 aliphatic rings. The molecule has 1 unspecified atom stereocenters. The molecule has 4 aromatic rings. The summed E-state index contributed by atoms with van der Waals surface area (Å²) in [6, 6.07) is 17.8. The van der Waals surface area contributed by atoms with Crippen LogP contribution in [0.1, 0.15) is 49.8 Å². The van der Waals surface area contributed by atoms with Crippen molar-refractivity contribution in [2.75, 3.05) is 41.0 Å². The van der Waals surface area contributed by atoms with E-state index < -0.39 is 18.1 Å². The summed E-state index contributed by atoms with van der Waals surface area (Å²) in [5.74, 6) is 0.551. The molecule has 2 aromatic carbocycles. The molecule has 12 heteroatoms. The Kier molecular flexibility index (Phi) is 12.1. The fourth-order valence-corrected chi connectivity index (χ4v) is 6.91. The van der Waals surface area contributed by atoms with E-state index in [4.69, 9.17) is 42.1 Å². The molecule has 0 amide bonds. The van der Waals surface area contributed by atoms with Crippen LogP contribution in [0.4, 0.5) is 0 Å². The zero-order valence-electron chi connectivity index (χ0n) is 26.5. The minimum absolute atomic E-state index is 0.228. The number of thiophene rings is 1.